The van der Waals surface area contributed by atoms with E-state index in [2.05, 4.69) is 0 Å². The highest BCUT2D eigenvalue weighted by Gasteiger charge is 2.64. The van der Waals surface area contributed by atoms with Gasteiger partial charge in [0.05, 0.1) is 11.6 Å². The summed E-state index contributed by atoms with van der Waals surface area (Å²) in [6, 6.07) is 0.779. The topological polar surface area (TPSA) is 165 Å². The molecule has 0 radical (unpaired) electrons. The van der Waals surface area contributed by atoms with Crippen molar-refractivity contribution >= 4 is 28.9 Å². The highest BCUT2D eigenvalue weighted by molar-refractivity contribution is 6.24. The number of benzene rings is 1. The summed E-state index contributed by atoms with van der Waals surface area (Å²) in [6.45, 7) is 4.00. The van der Waals surface area contributed by atoms with E-state index in [4.69, 9.17) is 5.73 Å². The minimum Gasteiger partial charge on any atom is -0.508 e. The Bertz CT molecular complexity index is 1280. The summed E-state index contributed by atoms with van der Waals surface area (Å²) in [6.07, 6.45) is 0.856. The molecule has 6 N–H and O–H groups in total. The Labute approximate surface area is 215 Å². The number of phenolic OH excluding ortho intramolecular Hbond substituents is 1. The molecule has 0 spiro atoms. The summed E-state index contributed by atoms with van der Waals surface area (Å²) in [5.74, 6) is -6.21. The van der Waals surface area contributed by atoms with E-state index in [0.29, 0.717) is 17.5 Å². The van der Waals surface area contributed by atoms with E-state index in [9.17, 15) is 34.8 Å². The van der Waals surface area contributed by atoms with Gasteiger partial charge in [0.15, 0.2) is 11.4 Å². The summed E-state index contributed by atoms with van der Waals surface area (Å²) in [5, 5.41) is 45.3. The number of rotatable bonds is 5. The molecule has 4 unspecified atom stereocenters. The second kappa shape index (κ2) is 8.88. The molecule has 200 valence electrons. The first kappa shape index (κ1) is 26.7. The number of aromatic hydroxyl groups is 1. The molecule has 0 bridgehead atoms. The molecule has 3 aliphatic rings. The van der Waals surface area contributed by atoms with E-state index in [0.717, 1.165) is 5.69 Å². The molecule has 1 aromatic carbocycles. The minimum absolute atomic E-state index is 0.0626. The number of phenols is 1. The molecule has 0 aromatic heterocycles. The zero-order valence-electron chi connectivity index (χ0n) is 22.0. The number of nitrogens with two attached hydrogens (primary N) is 1. The van der Waals surface area contributed by atoms with E-state index < -0.39 is 58.0 Å². The van der Waals surface area contributed by atoms with Gasteiger partial charge in [-0.1, -0.05) is 13.8 Å². The van der Waals surface area contributed by atoms with Crippen LogP contribution >= 0.6 is 0 Å². The Morgan fingerprint density at radius 3 is 2.30 bits per heavy atom. The van der Waals surface area contributed by atoms with Gasteiger partial charge in [0.25, 0.3) is 5.91 Å². The summed E-state index contributed by atoms with van der Waals surface area (Å²) in [4.78, 5) is 42.6. The summed E-state index contributed by atoms with van der Waals surface area (Å²) < 4.78 is 0. The molecule has 10 nitrogen and oxygen atoms in total. The normalized spacial score (nSPS) is 27.4. The van der Waals surface area contributed by atoms with Gasteiger partial charge in [-0.3, -0.25) is 19.3 Å². The second-order valence-electron chi connectivity index (χ2n) is 11.2. The van der Waals surface area contributed by atoms with Crippen molar-refractivity contribution in [2.75, 3.05) is 33.1 Å². The van der Waals surface area contributed by atoms with Crippen LogP contribution < -0.4 is 10.6 Å². The van der Waals surface area contributed by atoms with Crippen molar-refractivity contribution in [2.45, 2.75) is 44.8 Å². The standard InChI is InChI=1S/C27H35N3O7/c1-11(2)7-13-10-16(29(3)4)14-8-12-9-15-20(30(5)6)23(33)19(26(28)36)25(35)27(15,37)24(34)17(12)22(32)18(14)21(13)31/h10-12,15,20,31-32,35,37H,7-9H2,1-6H3,(H2,28,36). The van der Waals surface area contributed by atoms with Gasteiger partial charge < -0.3 is 31.1 Å². The van der Waals surface area contributed by atoms with Gasteiger partial charge in [-0.2, -0.15) is 0 Å². The maximum atomic E-state index is 13.9. The van der Waals surface area contributed by atoms with E-state index in [1.54, 1.807) is 14.1 Å². The smallest absolute Gasteiger partial charge is 0.255 e. The lowest BCUT2D eigenvalue weighted by Gasteiger charge is -2.50. The van der Waals surface area contributed by atoms with Gasteiger partial charge in [-0.25, -0.2) is 0 Å². The van der Waals surface area contributed by atoms with Gasteiger partial charge >= 0.3 is 0 Å². The number of primary amides is 1. The third kappa shape index (κ3) is 3.73. The van der Waals surface area contributed by atoms with Crippen LogP contribution in [0, 0.1) is 17.8 Å². The fourth-order valence-electron chi connectivity index (χ4n) is 6.34. The monoisotopic (exact) mass is 513 g/mol. The first-order valence-electron chi connectivity index (χ1n) is 12.3. The molecule has 0 saturated heterocycles. The Kier molecular flexibility index (Phi) is 6.41. The van der Waals surface area contributed by atoms with E-state index >= 15 is 0 Å². The first-order chi connectivity index (χ1) is 17.1. The molecule has 1 aromatic rings. The predicted octanol–water partition coefficient (Wildman–Crippen LogP) is 1.23. The second-order valence-corrected chi connectivity index (χ2v) is 11.2. The molecular weight excluding hydrogens is 478 g/mol. The Balaban J connectivity index is 2.00. The number of likely N-dealkylation sites (N-methyl/N-ethyl adjacent to an activating group) is 1. The van der Waals surface area contributed by atoms with Crippen LogP contribution in [0.5, 0.6) is 5.75 Å². The zero-order valence-corrected chi connectivity index (χ0v) is 22.0. The number of carbonyl (C=O) groups excluding carboxylic acids is 3. The lowest BCUT2D eigenvalue weighted by Crippen LogP contribution is -2.65. The first-order valence-corrected chi connectivity index (χ1v) is 12.3. The number of ketones is 2. The van der Waals surface area contributed by atoms with Crippen molar-refractivity contribution in [3.8, 4) is 5.75 Å². The largest absolute Gasteiger partial charge is 0.508 e. The Hall–Kier alpha value is -3.37. The Morgan fingerprint density at radius 1 is 1.16 bits per heavy atom. The lowest BCUT2D eigenvalue weighted by atomic mass is 9.57. The number of Topliss-reactive ketones (excluding diaryl/α,β-unsaturated/α-hetero) is 2. The number of amides is 1. The number of anilines is 1. The molecule has 0 aliphatic heterocycles. The van der Waals surface area contributed by atoms with Gasteiger partial charge in [-0.05, 0) is 62.4 Å². The minimum atomic E-state index is -2.64. The van der Waals surface area contributed by atoms with Crippen LogP contribution in [0.4, 0.5) is 5.69 Å². The van der Waals surface area contributed by atoms with E-state index in [1.165, 1.54) is 4.90 Å². The molecule has 1 amide bonds. The molecule has 10 heteroatoms. The number of carbonyl (C=O) groups is 3. The van der Waals surface area contributed by atoms with Crippen LogP contribution in [0.15, 0.2) is 23.0 Å². The van der Waals surface area contributed by atoms with Gasteiger partial charge in [0, 0.05) is 31.3 Å². The van der Waals surface area contributed by atoms with Crippen LogP contribution in [0.25, 0.3) is 5.76 Å². The van der Waals surface area contributed by atoms with Gasteiger partial charge in [0.2, 0.25) is 5.78 Å². The van der Waals surface area contributed by atoms with Crippen LogP contribution in [-0.4, -0.2) is 82.6 Å². The lowest BCUT2D eigenvalue weighted by molar-refractivity contribution is -0.153. The SMILES string of the molecule is CC(C)Cc1cc(N(C)C)c2c(c1O)C(O)=C1C(=O)C3(O)C(O)=C(C(N)=O)C(=O)C(N(C)C)C3CC1C2. The number of aliphatic hydroxyl groups excluding tert-OH is 2. The molecule has 1 fully saturated rings. The van der Waals surface area contributed by atoms with Crippen molar-refractivity contribution in [3.63, 3.8) is 0 Å². The third-order valence-electron chi connectivity index (χ3n) is 7.89. The van der Waals surface area contributed by atoms with E-state index in [-0.39, 0.29) is 35.6 Å². The molecule has 4 atom stereocenters. The summed E-state index contributed by atoms with van der Waals surface area (Å²) in [7, 11) is 6.85. The Morgan fingerprint density at radius 2 is 1.78 bits per heavy atom. The van der Waals surface area contributed by atoms with Crippen LogP contribution in [-0.2, 0) is 27.2 Å². The van der Waals surface area contributed by atoms with Crippen LogP contribution in [0.2, 0.25) is 0 Å². The number of hydrogen-bond donors (Lipinski definition) is 5. The van der Waals surface area contributed by atoms with Crippen molar-refractivity contribution in [2.24, 2.45) is 23.5 Å². The van der Waals surface area contributed by atoms with Crippen molar-refractivity contribution in [3.05, 3.63) is 39.7 Å². The molecule has 1 saturated carbocycles. The fraction of sp³-hybridized carbons (Fsp3) is 0.519. The third-order valence-corrected chi connectivity index (χ3v) is 7.89. The van der Waals surface area contributed by atoms with Crippen molar-refractivity contribution in [1.82, 2.24) is 4.90 Å². The highest BCUT2D eigenvalue weighted by atomic mass is 16.3. The molecule has 4 rings (SSSR count). The van der Waals surface area contributed by atoms with Crippen molar-refractivity contribution < 1.29 is 34.8 Å². The molecule has 0 heterocycles. The highest BCUT2D eigenvalue weighted by Crippen LogP contribution is 2.54. The van der Waals surface area contributed by atoms with Crippen LogP contribution in [0.1, 0.15) is 37.0 Å². The maximum Gasteiger partial charge on any atom is 0.255 e. The molecule has 37 heavy (non-hydrogen) atoms. The average Bonchev–Trinajstić information content (AvgIpc) is 2.77. The molecular formula is C27H35N3O7. The van der Waals surface area contributed by atoms with E-state index in [1.807, 2.05) is 38.9 Å². The number of fused-ring (bicyclic) bond motifs is 3. The summed E-state index contributed by atoms with van der Waals surface area (Å²) >= 11 is 0. The number of nitrogens with zero attached hydrogens (tertiary/aromatic N) is 2. The average molecular weight is 514 g/mol. The van der Waals surface area contributed by atoms with Gasteiger partial charge in [-0.15, -0.1) is 0 Å². The summed E-state index contributed by atoms with van der Waals surface area (Å²) in [5.41, 5.74) is 3.93. The van der Waals surface area contributed by atoms with Gasteiger partial charge in [0.1, 0.15) is 22.8 Å². The van der Waals surface area contributed by atoms with Crippen LogP contribution in [0.3, 0.4) is 0 Å². The number of aliphatic hydroxyl groups is 3. The van der Waals surface area contributed by atoms with Crippen molar-refractivity contribution in [1.29, 1.82) is 0 Å². The number of hydrogen-bond acceptors (Lipinski definition) is 9. The molecule has 3 aliphatic carbocycles. The predicted molar refractivity (Wildman–Crippen MR) is 137 cm³/mol. The maximum absolute atomic E-state index is 13.9. The zero-order chi connectivity index (χ0) is 27.7. The quantitative estimate of drug-likeness (QED) is 0.364. The fourth-order valence-corrected chi connectivity index (χ4v) is 6.34.